The molecule has 2 unspecified atom stereocenters. The van der Waals surface area contributed by atoms with Crippen molar-refractivity contribution in [2.45, 2.75) is 106 Å². The van der Waals surface area contributed by atoms with Crippen molar-refractivity contribution in [1.29, 1.82) is 0 Å². The number of ether oxygens (including phenoxy) is 4. The van der Waals surface area contributed by atoms with Gasteiger partial charge in [0.2, 0.25) is 0 Å². The van der Waals surface area contributed by atoms with Crippen molar-refractivity contribution in [2.75, 3.05) is 48.0 Å². The van der Waals surface area contributed by atoms with E-state index in [1.54, 1.807) is 28.4 Å². The molecule has 1 N–H and O–H groups in total. The molecule has 14 heteroatoms. The van der Waals surface area contributed by atoms with Gasteiger partial charge in [0, 0.05) is 217 Å². The van der Waals surface area contributed by atoms with Crippen molar-refractivity contribution in [3.8, 4) is 17.2 Å². The highest BCUT2D eigenvalue weighted by Gasteiger charge is 2.33. The zero-order chi connectivity index (χ0) is 86.7. The summed E-state index contributed by atoms with van der Waals surface area (Å²) in [7, 11) is 6.98. The number of benzene rings is 13. The van der Waals surface area contributed by atoms with E-state index in [1.807, 2.05) is 0 Å². The molecule has 0 saturated carbocycles. The molecular formula is C113H106N10O4. The molecule has 14 nitrogen and oxygen atoms in total. The predicted octanol–water partition coefficient (Wildman–Crippen LogP) is 29.5. The Morgan fingerprint density at radius 3 is 1.10 bits per heavy atom. The van der Waals surface area contributed by atoms with Crippen LogP contribution in [0.2, 0.25) is 0 Å². The molecule has 0 aliphatic heterocycles. The first-order valence-corrected chi connectivity index (χ1v) is 44.8. The van der Waals surface area contributed by atoms with Gasteiger partial charge >= 0.3 is 0 Å². The molecule has 0 spiro atoms. The minimum Gasteiger partial charge on any atom is -0.501 e. The lowest BCUT2D eigenvalue weighted by atomic mass is 9.86. The normalized spacial score (nSPS) is 14.1. The van der Waals surface area contributed by atoms with Gasteiger partial charge < -0.3 is 66.7 Å². The number of nitrogens with zero attached hydrogens (tertiary/aromatic N) is 9. The predicted molar refractivity (Wildman–Crippen MR) is 533 cm³/mol. The zero-order valence-electron chi connectivity index (χ0n) is 74.0. The summed E-state index contributed by atoms with van der Waals surface area (Å²) in [6.07, 6.45) is 19.3. The van der Waals surface area contributed by atoms with Crippen molar-refractivity contribution >= 4 is 160 Å². The van der Waals surface area contributed by atoms with Crippen LogP contribution in [-0.2, 0) is 30.9 Å². The standard InChI is InChI=1S/C113H106N10O4/c1-12-26-79(119(75-36-51-87(124-8)52-37-75)81-45-60-107-96(68-81)91-28-18-22-32-103(91)115(107)14-3)66-74(7)95-67-80(120(76-38-53-88(125-9)54-39-76)82-46-61-108-97(69-82)92-29-19-23-33-104(92)116(108)15-4)44-59-102(95)114-113(27-13-2)123-111-64-49-85(121(77-40-55-89(126-10)56-41-77)83-47-62-109-98(70-83)93-30-20-24-34-105(93)117(109)16-5)72-100(111)101-73-86(50-65-112(101)123)122(78-42-57-90(127-11)58-43-78)84-48-63-110-99(71-84)94-31-21-25-35-106(94)118(110)17-6/h12,18-26,28-42,44-57,59-66,68-73,95,113-114H,7,13-17,27,43,58,67H2,1-6,8-11H3/b26-12-,79-66+. The topological polar surface area (TPSA) is 86.6 Å². The molecule has 2 aliphatic carbocycles. The lowest BCUT2D eigenvalue weighted by molar-refractivity contribution is 0.275. The van der Waals surface area contributed by atoms with Crippen LogP contribution in [-0.4, -0.2) is 51.3 Å². The van der Waals surface area contributed by atoms with E-state index in [0.29, 0.717) is 6.42 Å². The largest absolute Gasteiger partial charge is 0.501 e. The first kappa shape index (κ1) is 80.6. The second-order valence-corrected chi connectivity index (χ2v) is 33.2. The Balaban J connectivity index is 0.799. The summed E-state index contributed by atoms with van der Waals surface area (Å²) in [6.45, 7) is 22.1. The van der Waals surface area contributed by atoms with Crippen LogP contribution >= 0.6 is 0 Å². The molecule has 127 heavy (non-hydrogen) atoms. The van der Waals surface area contributed by atoms with Gasteiger partial charge in [-0.05, 0) is 296 Å². The lowest BCUT2D eigenvalue weighted by Gasteiger charge is -2.36. The number of nitrogens with one attached hydrogen (secondary N) is 1. The molecule has 0 bridgehead atoms. The Kier molecular flexibility index (Phi) is 21.6. The second kappa shape index (κ2) is 34.1. The summed E-state index contributed by atoms with van der Waals surface area (Å²) in [5, 5.41) is 16.4. The highest BCUT2D eigenvalue weighted by atomic mass is 16.5. The first-order chi connectivity index (χ1) is 62.4. The van der Waals surface area contributed by atoms with Crippen LogP contribution in [0.15, 0.2) is 362 Å². The molecule has 2 aliphatic rings. The van der Waals surface area contributed by atoms with E-state index in [4.69, 9.17) is 25.5 Å². The number of methoxy groups -OCH3 is 4. The van der Waals surface area contributed by atoms with Gasteiger partial charge in [0.05, 0.1) is 45.2 Å². The Labute approximate surface area is 742 Å². The molecule has 0 saturated heterocycles. The van der Waals surface area contributed by atoms with Crippen LogP contribution < -0.4 is 39.1 Å². The minimum absolute atomic E-state index is 0.287. The van der Waals surface area contributed by atoms with Crippen LogP contribution in [0, 0.1) is 5.92 Å². The zero-order valence-corrected chi connectivity index (χ0v) is 74.0. The fourth-order valence-electron chi connectivity index (χ4n) is 20.5. The van der Waals surface area contributed by atoms with Gasteiger partial charge in [0.1, 0.15) is 23.4 Å². The van der Waals surface area contributed by atoms with Crippen LogP contribution in [0.4, 0.5) is 51.2 Å². The summed E-state index contributed by atoms with van der Waals surface area (Å²) in [6, 6.07) is 103. The smallest absolute Gasteiger partial charge is 0.119 e. The maximum atomic E-state index is 5.96. The van der Waals surface area contributed by atoms with Gasteiger partial charge in [-0.3, -0.25) is 0 Å². The summed E-state index contributed by atoms with van der Waals surface area (Å²) in [4.78, 5) is 9.76. The highest BCUT2D eigenvalue weighted by molar-refractivity contribution is 6.15. The minimum atomic E-state index is -0.310. The van der Waals surface area contributed by atoms with E-state index < -0.39 is 0 Å². The third-order valence-electron chi connectivity index (χ3n) is 26.4. The second-order valence-electron chi connectivity index (χ2n) is 33.2. The highest BCUT2D eigenvalue weighted by Crippen LogP contribution is 2.49. The van der Waals surface area contributed by atoms with Crippen molar-refractivity contribution < 1.29 is 18.9 Å². The molecule has 0 radical (unpaired) electrons. The molecule has 0 amide bonds. The number of anilines is 9. The van der Waals surface area contributed by atoms with Crippen molar-refractivity contribution in [2.24, 2.45) is 5.92 Å². The summed E-state index contributed by atoms with van der Waals surface area (Å²) < 4.78 is 35.9. The number of para-hydroxylation sites is 4. The SMILES string of the molecule is C=C(/C=C(\C=C/C)N(c1ccc(OC)cc1)c1ccc2c(c1)c1ccccc1n2CC)C1CC(N(c2ccc(OC)cc2)c2ccc3c(c2)c2ccccc2n3CC)=CC=C1NC(CCC)n1c2ccc(N(C3=CC=C(OC)CC3)c3ccc4c(c3)c3ccccc3n4CC)cc2c2cc(N(c3ccc(OC)cc3)c3ccc4c(c3)c3ccccc3n4CC)ccc21. The van der Waals surface area contributed by atoms with Gasteiger partial charge in [0.25, 0.3) is 0 Å². The number of aryl methyl sites for hydroxylation is 4. The van der Waals surface area contributed by atoms with Crippen molar-refractivity contribution in [3.63, 3.8) is 0 Å². The maximum Gasteiger partial charge on any atom is 0.119 e. The molecule has 5 aromatic heterocycles. The van der Waals surface area contributed by atoms with Crippen molar-refractivity contribution in [1.82, 2.24) is 28.2 Å². The Bertz CT molecular complexity index is 7520. The van der Waals surface area contributed by atoms with E-state index in [9.17, 15) is 0 Å². The summed E-state index contributed by atoms with van der Waals surface area (Å²) in [5.74, 6) is 3.01. The lowest BCUT2D eigenvalue weighted by Crippen LogP contribution is -2.32. The molecular weight excluding hydrogens is 1560 g/mol. The van der Waals surface area contributed by atoms with E-state index in [1.165, 1.54) is 92.9 Å². The number of hydrogen-bond acceptors (Lipinski definition) is 9. The van der Waals surface area contributed by atoms with E-state index >= 15 is 0 Å². The number of hydrogen-bond donors (Lipinski definition) is 1. The third kappa shape index (κ3) is 14.2. The van der Waals surface area contributed by atoms with Crippen LogP contribution in [0.5, 0.6) is 17.2 Å². The van der Waals surface area contributed by atoms with Gasteiger partial charge in [-0.2, -0.15) is 0 Å². The van der Waals surface area contributed by atoms with Gasteiger partial charge in [0.15, 0.2) is 0 Å². The molecule has 18 aromatic rings. The first-order valence-electron chi connectivity index (χ1n) is 44.8. The monoisotopic (exact) mass is 1670 g/mol. The fourth-order valence-corrected chi connectivity index (χ4v) is 20.5. The average Bonchev–Trinajstić information content (AvgIpc) is 1.59. The maximum absolute atomic E-state index is 5.96. The molecule has 2 atom stereocenters. The summed E-state index contributed by atoms with van der Waals surface area (Å²) in [5.41, 5.74) is 26.4. The van der Waals surface area contributed by atoms with Crippen LogP contribution in [0.25, 0.3) is 109 Å². The number of allylic oxidation sites excluding steroid dienone is 11. The molecule has 5 heterocycles. The molecule has 13 aromatic carbocycles. The average molecular weight is 1670 g/mol. The Morgan fingerprint density at radius 1 is 0.370 bits per heavy atom. The van der Waals surface area contributed by atoms with Gasteiger partial charge in [-0.1, -0.05) is 98.8 Å². The van der Waals surface area contributed by atoms with Crippen LogP contribution in [0.3, 0.4) is 0 Å². The van der Waals surface area contributed by atoms with E-state index in [-0.39, 0.29) is 12.1 Å². The quantitative estimate of drug-likeness (QED) is 0.0482. The molecule has 632 valence electrons. The fraction of sp³-hybridized carbons (Fsp3) is 0.186. The molecule has 20 rings (SSSR count). The van der Waals surface area contributed by atoms with E-state index in [2.05, 4.69) is 411 Å². The summed E-state index contributed by atoms with van der Waals surface area (Å²) >= 11 is 0. The number of rotatable bonds is 28. The number of aromatic nitrogens is 5. The van der Waals surface area contributed by atoms with Gasteiger partial charge in [-0.25, -0.2) is 0 Å². The van der Waals surface area contributed by atoms with Gasteiger partial charge in [-0.15, -0.1) is 0 Å². The molecule has 0 fully saturated rings. The van der Waals surface area contributed by atoms with Crippen LogP contribution in [0.1, 0.15) is 79.8 Å². The van der Waals surface area contributed by atoms with Crippen molar-refractivity contribution in [3.05, 3.63) is 362 Å². The number of fused-ring (bicyclic) bond motifs is 15. The Hall–Kier alpha value is -14.8. The third-order valence-corrected chi connectivity index (χ3v) is 26.4. The van der Waals surface area contributed by atoms with E-state index in [0.717, 1.165) is 171 Å². The Morgan fingerprint density at radius 2 is 0.717 bits per heavy atom.